The molecule has 11 aromatic carbocycles. The molecule has 0 saturated heterocycles. The van der Waals surface area contributed by atoms with E-state index < -0.39 is 0 Å². The molecule has 0 saturated carbocycles. The molecule has 2 heteroatoms. The highest BCUT2D eigenvalue weighted by molar-refractivity contribution is 6.29. The Labute approximate surface area is 358 Å². The zero-order valence-corrected chi connectivity index (χ0v) is 33.8. The second-order valence-electron chi connectivity index (χ2n) is 16.5. The van der Waals surface area contributed by atoms with Crippen molar-refractivity contribution >= 4 is 75.9 Å². The highest BCUT2D eigenvalue weighted by atomic mass is 15.0. The van der Waals surface area contributed by atoms with E-state index in [9.17, 15) is 0 Å². The van der Waals surface area contributed by atoms with Crippen LogP contribution >= 0.6 is 0 Å². The maximum atomic E-state index is 2.44. The number of para-hydroxylation sites is 3. The zero-order valence-electron chi connectivity index (χ0n) is 33.8. The van der Waals surface area contributed by atoms with E-state index in [1.807, 2.05) is 0 Å². The third kappa shape index (κ3) is 5.30. The fourth-order valence-corrected chi connectivity index (χ4v) is 10.2. The molecule has 0 aliphatic heterocycles. The van der Waals surface area contributed by atoms with Crippen molar-refractivity contribution in [1.29, 1.82) is 0 Å². The second kappa shape index (κ2) is 13.7. The van der Waals surface area contributed by atoms with E-state index in [0.717, 1.165) is 5.69 Å². The topological polar surface area (TPSA) is 9.86 Å². The zero-order chi connectivity index (χ0) is 40.7. The van der Waals surface area contributed by atoms with Crippen LogP contribution in [0, 0.1) is 0 Å². The summed E-state index contributed by atoms with van der Waals surface area (Å²) < 4.78 is 4.82. The van der Waals surface area contributed by atoms with Crippen molar-refractivity contribution in [2.24, 2.45) is 0 Å². The van der Waals surface area contributed by atoms with Crippen LogP contribution in [0.4, 0.5) is 0 Å². The van der Waals surface area contributed by atoms with Crippen molar-refractivity contribution in [1.82, 2.24) is 9.13 Å². The maximum Gasteiger partial charge on any atom is 0.0547 e. The number of fused-ring (bicyclic) bond motifs is 12. The summed E-state index contributed by atoms with van der Waals surface area (Å²) in [5.41, 5.74) is 14.5. The quantitative estimate of drug-likeness (QED) is 0.154. The number of aromatic nitrogens is 2. The van der Waals surface area contributed by atoms with Crippen LogP contribution in [0.1, 0.15) is 0 Å². The Kier molecular flexibility index (Phi) is 7.64. The highest BCUT2D eigenvalue weighted by Crippen LogP contribution is 2.43. The van der Waals surface area contributed by atoms with Gasteiger partial charge in [-0.15, -0.1) is 0 Å². The molecule has 0 spiro atoms. The molecule has 0 N–H and O–H groups in total. The van der Waals surface area contributed by atoms with Crippen molar-refractivity contribution in [2.45, 2.75) is 0 Å². The van der Waals surface area contributed by atoms with Crippen LogP contribution in [0.25, 0.3) is 121 Å². The Bertz CT molecular complexity index is 3870. The number of benzene rings is 11. The fraction of sp³-hybridized carbons (Fsp3) is 0. The molecule has 0 aliphatic rings. The molecule has 0 atom stereocenters. The van der Waals surface area contributed by atoms with Crippen LogP contribution in [-0.4, -0.2) is 9.13 Å². The van der Waals surface area contributed by atoms with Crippen LogP contribution in [0.2, 0.25) is 0 Å². The molecular formula is C60H38N2. The Balaban J connectivity index is 0.929. The lowest BCUT2D eigenvalue weighted by Gasteiger charge is -2.14. The molecular weight excluding hydrogens is 749 g/mol. The van der Waals surface area contributed by atoms with Crippen LogP contribution in [0.15, 0.2) is 231 Å². The average molecular weight is 787 g/mol. The molecule has 13 rings (SSSR count). The van der Waals surface area contributed by atoms with Gasteiger partial charge >= 0.3 is 0 Å². The Morgan fingerprint density at radius 1 is 0.177 bits per heavy atom. The van der Waals surface area contributed by atoms with Crippen LogP contribution in [0.3, 0.4) is 0 Å². The third-order valence-corrected chi connectivity index (χ3v) is 13.1. The van der Waals surface area contributed by atoms with Gasteiger partial charge in [-0.2, -0.15) is 0 Å². The largest absolute Gasteiger partial charge is 0.309 e. The maximum absolute atomic E-state index is 2.44. The number of hydrogen-bond acceptors (Lipinski definition) is 0. The molecule has 0 radical (unpaired) electrons. The van der Waals surface area contributed by atoms with E-state index in [1.165, 1.54) is 115 Å². The molecule has 0 fully saturated rings. The van der Waals surface area contributed by atoms with Crippen LogP contribution in [0.5, 0.6) is 0 Å². The van der Waals surface area contributed by atoms with E-state index in [4.69, 9.17) is 0 Å². The first-order valence-electron chi connectivity index (χ1n) is 21.4. The van der Waals surface area contributed by atoms with Gasteiger partial charge in [0.25, 0.3) is 0 Å². The van der Waals surface area contributed by atoms with Crippen molar-refractivity contribution in [3.8, 4) is 44.8 Å². The average Bonchev–Trinajstić information content (AvgIpc) is 3.86. The predicted molar refractivity (Wildman–Crippen MR) is 264 cm³/mol. The summed E-state index contributed by atoms with van der Waals surface area (Å²) in [5.74, 6) is 0. The molecule has 0 amide bonds. The Hall–Kier alpha value is -8.20. The molecule has 288 valence electrons. The third-order valence-electron chi connectivity index (χ3n) is 13.1. The van der Waals surface area contributed by atoms with Gasteiger partial charge in [0.1, 0.15) is 0 Å². The minimum Gasteiger partial charge on any atom is -0.309 e. The first-order chi connectivity index (χ1) is 30.7. The normalized spacial score (nSPS) is 11.9. The summed E-state index contributed by atoms with van der Waals surface area (Å²) in [5, 5.41) is 12.7. The molecule has 0 aliphatic carbocycles. The Morgan fingerprint density at radius 2 is 0.548 bits per heavy atom. The van der Waals surface area contributed by atoms with Crippen LogP contribution in [-0.2, 0) is 0 Å². The smallest absolute Gasteiger partial charge is 0.0547 e. The lowest BCUT2D eigenvalue weighted by molar-refractivity contribution is 1.18. The highest BCUT2D eigenvalue weighted by Gasteiger charge is 2.18. The van der Waals surface area contributed by atoms with Gasteiger partial charge in [0.2, 0.25) is 0 Å². The summed E-state index contributed by atoms with van der Waals surface area (Å²) in [6.45, 7) is 0. The van der Waals surface area contributed by atoms with E-state index in [1.54, 1.807) is 0 Å². The van der Waals surface area contributed by atoms with Crippen molar-refractivity contribution in [3.63, 3.8) is 0 Å². The summed E-state index contributed by atoms with van der Waals surface area (Å²) in [6, 6.07) is 84.7. The first kappa shape index (κ1) is 34.6. The van der Waals surface area contributed by atoms with Gasteiger partial charge in [0.15, 0.2) is 0 Å². The van der Waals surface area contributed by atoms with Gasteiger partial charge in [-0.05, 0) is 126 Å². The molecule has 2 aromatic heterocycles. The molecule has 0 unspecified atom stereocenters. The van der Waals surface area contributed by atoms with Crippen LogP contribution < -0.4 is 0 Å². The molecule has 62 heavy (non-hydrogen) atoms. The van der Waals surface area contributed by atoms with Gasteiger partial charge in [0.05, 0.1) is 22.1 Å². The monoisotopic (exact) mass is 786 g/mol. The molecule has 0 bridgehead atoms. The predicted octanol–water partition coefficient (Wildman–Crippen LogP) is 16.3. The summed E-state index contributed by atoms with van der Waals surface area (Å²) in [6.07, 6.45) is 0. The number of nitrogens with zero attached hydrogens (tertiary/aromatic N) is 2. The minimum atomic E-state index is 1.16. The lowest BCUT2D eigenvalue weighted by atomic mass is 9.91. The van der Waals surface area contributed by atoms with Gasteiger partial charge in [0, 0.05) is 32.9 Å². The van der Waals surface area contributed by atoms with Gasteiger partial charge < -0.3 is 9.13 Å². The molecule has 2 heterocycles. The van der Waals surface area contributed by atoms with Crippen molar-refractivity contribution < 1.29 is 0 Å². The fourth-order valence-electron chi connectivity index (χ4n) is 10.2. The summed E-state index contributed by atoms with van der Waals surface area (Å²) in [7, 11) is 0. The van der Waals surface area contributed by atoms with E-state index >= 15 is 0 Å². The van der Waals surface area contributed by atoms with Crippen molar-refractivity contribution in [2.75, 3.05) is 0 Å². The van der Waals surface area contributed by atoms with E-state index in [-0.39, 0.29) is 0 Å². The lowest BCUT2D eigenvalue weighted by Crippen LogP contribution is -1.94. The van der Waals surface area contributed by atoms with Crippen molar-refractivity contribution in [3.05, 3.63) is 231 Å². The first-order valence-corrected chi connectivity index (χ1v) is 21.4. The standard InChI is InChI=1S/C60H38N2/c1-3-13-39(14-4-1)40-27-31-46(32-28-40)62-58-22-12-10-20-51(58)56-37-54-49-33-29-43(35-53(49)47-17-7-8-18-48(47)55(54)38-60(56)62)41-23-25-42(26-24-41)44-30-34-52-50-19-9-11-21-57(50)61(59(52)36-44)45-15-5-2-6-16-45/h1-38H. The summed E-state index contributed by atoms with van der Waals surface area (Å²) >= 11 is 0. The number of rotatable bonds is 5. The van der Waals surface area contributed by atoms with Gasteiger partial charge in [-0.1, -0.05) is 170 Å². The SMILES string of the molecule is c1ccc(-c2ccc(-n3c4ccccc4c4cc5c6ccc(-c7ccc(-c8ccc9c%10ccccc%10n(-c%10ccccc%10)c9c8)cc7)cc6c6ccccc6c5cc43)cc2)cc1. The minimum absolute atomic E-state index is 1.16. The Morgan fingerprint density at radius 3 is 1.19 bits per heavy atom. The van der Waals surface area contributed by atoms with E-state index in [2.05, 4.69) is 240 Å². The van der Waals surface area contributed by atoms with E-state index in [0.29, 0.717) is 0 Å². The van der Waals surface area contributed by atoms with Gasteiger partial charge in [-0.3, -0.25) is 0 Å². The number of hydrogen-bond donors (Lipinski definition) is 0. The molecule has 2 nitrogen and oxygen atoms in total. The summed E-state index contributed by atoms with van der Waals surface area (Å²) in [4.78, 5) is 0. The second-order valence-corrected chi connectivity index (χ2v) is 16.5. The van der Waals surface area contributed by atoms with Gasteiger partial charge in [-0.25, -0.2) is 0 Å². The molecule has 13 aromatic rings.